The molecule has 0 aromatic carbocycles. The Kier molecular flexibility index (Phi) is 1.62. The van der Waals surface area contributed by atoms with E-state index in [1.165, 1.54) is 6.08 Å². The van der Waals surface area contributed by atoms with E-state index >= 15 is 0 Å². The second kappa shape index (κ2) is 2.25. The van der Waals surface area contributed by atoms with Gasteiger partial charge in [0.15, 0.2) is 0 Å². The second-order valence-corrected chi connectivity index (χ2v) is 3.62. The zero-order chi connectivity index (χ0) is 5.98. The van der Waals surface area contributed by atoms with Crippen LogP contribution < -0.4 is 26.9 Å². The van der Waals surface area contributed by atoms with E-state index in [2.05, 4.69) is 4.99 Å². The quantitative estimate of drug-likeness (QED) is 0.341. The van der Waals surface area contributed by atoms with Gasteiger partial charge in [0.1, 0.15) is 0 Å². The van der Waals surface area contributed by atoms with E-state index in [4.69, 9.17) is 5.73 Å². The summed E-state index contributed by atoms with van der Waals surface area (Å²) in [6.45, 7) is 0. The zero-order valence-electron chi connectivity index (χ0n) is 3.97. The van der Waals surface area contributed by atoms with Crippen molar-refractivity contribution in [3.05, 3.63) is 10.2 Å². The van der Waals surface area contributed by atoms with Gasteiger partial charge >= 0.3 is 56.6 Å². The molecule has 0 saturated heterocycles. The predicted molar refractivity (Wildman–Crippen MR) is 25.8 cm³/mol. The van der Waals surface area contributed by atoms with Crippen LogP contribution in [0.3, 0.4) is 0 Å². The Hall–Kier alpha value is -0.390. The monoisotopic (exact) mass is 223 g/mol. The van der Waals surface area contributed by atoms with Crippen LogP contribution in [-0.4, -0.2) is 9.75 Å². The molecule has 0 aromatic heterocycles. The van der Waals surface area contributed by atoms with E-state index in [9.17, 15) is 4.79 Å². The summed E-state index contributed by atoms with van der Waals surface area (Å²) in [6, 6.07) is 0. The molecule has 4 heteroatoms. The molecule has 0 bridgehead atoms. The third-order valence-corrected chi connectivity index (χ3v) is 2.20. The van der Waals surface area contributed by atoms with Crippen molar-refractivity contribution < 1.29 is 26.0 Å². The van der Waals surface area contributed by atoms with Crippen molar-refractivity contribution in [2.45, 2.75) is 0 Å². The van der Waals surface area contributed by atoms with Crippen molar-refractivity contribution in [2.75, 3.05) is 0 Å². The van der Waals surface area contributed by atoms with Gasteiger partial charge in [0, 0.05) is 0 Å². The summed E-state index contributed by atoms with van der Waals surface area (Å²) in [5.41, 5.74) is 5.25. The normalized spacial score (nSPS) is 19.5. The van der Waals surface area contributed by atoms with Crippen LogP contribution in [-0.2, 0) is 4.79 Å². The first-order chi connectivity index (χ1) is 3.79. The zero-order valence-corrected chi connectivity index (χ0v) is 6.12. The molecule has 2 N–H and O–H groups in total. The van der Waals surface area contributed by atoms with Crippen molar-refractivity contribution in [1.29, 1.82) is 0 Å². The van der Waals surface area contributed by atoms with Crippen molar-refractivity contribution in [2.24, 2.45) is 10.7 Å². The number of amides is 1. The first-order valence-corrected chi connectivity index (χ1v) is 4.29. The van der Waals surface area contributed by atoms with Crippen LogP contribution in [0.5, 0.6) is 0 Å². The molecular weight excluding hydrogens is 219 g/mol. The number of carbonyl (C=O) groups excluding carboxylic acids is 1. The maximum absolute atomic E-state index is 10.3. The molecule has 0 radical (unpaired) electrons. The summed E-state index contributed by atoms with van der Waals surface area (Å²) in [7, 11) is 0. The van der Waals surface area contributed by atoms with Crippen LogP contribution >= 0.6 is 0 Å². The van der Waals surface area contributed by atoms with Gasteiger partial charge in [0.05, 0.1) is 0 Å². The Morgan fingerprint density at radius 3 is 2.88 bits per heavy atom. The van der Waals surface area contributed by atoms with Crippen molar-refractivity contribution in [1.82, 2.24) is 0 Å². The van der Waals surface area contributed by atoms with E-state index < -0.39 is 0 Å². The summed E-state index contributed by atoms with van der Waals surface area (Å²) < 4.78 is 2.32. The molecule has 0 saturated carbocycles. The first-order valence-electron chi connectivity index (χ1n) is 1.97. The molecule has 0 fully saturated rings. The molecule has 3 nitrogen and oxygen atoms in total. The molecule has 8 heavy (non-hydrogen) atoms. The molecule has 0 atom stereocenters. The summed E-state index contributed by atoms with van der Waals surface area (Å²) in [6.07, 6.45) is 1.46. The number of aliphatic imine (C=N–C) groups is 1. The molecular formula is C4H4IN2O-. The summed E-state index contributed by atoms with van der Waals surface area (Å²) in [5, 5.41) is 0. The van der Waals surface area contributed by atoms with E-state index in [-0.39, 0.29) is 27.1 Å². The van der Waals surface area contributed by atoms with Gasteiger partial charge in [0.25, 0.3) is 0 Å². The van der Waals surface area contributed by atoms with Crippen LogP contribution in [0.4, 0.5) is 0 Å². The topological polar surface area (TPSA) is 55.4 Å². The van der Waals surface area contributed by atoms with Gasteiger partial charge in [-0.1, -0.05) is 0 Å². The SMILES string of the molecule is NC1=NC(=O)C=C[I-]1. The number of rotatable bonds is 0. The Balaban J connectivity index is 2.74. The Bertz CT molecular complexity index is 173. The molecule has 1 amide bonds. The molecule has 1 aliphatic heterocycles. The minimum atomic E-state index is -0.249. The van der Waals surface area contributed by atoms with Crippen molar-refractivity contribution in [3.8, 4) is 0 Å². The van der Waals surface area contributed by atoms with Gasteiger partial charge in [-0.3, -0.25) is 0 Å². The molecule has 44 valence electrons. The number of halogens is 1. The second-order valence-electron chi connectivity index (χ2n) is 1.17. The number of amidine groups is 1. The maximum atomic E-state index is 10.3. The van der Waals surface area contributed by atoms with Crippen molar-refractivity contribution >= 4 is 9.75 Å². The third-order valence-electron chi connectivity index (χ3n) is 0.597. The Morgan fingerprint density at radius 1 is 1.75 bits per heavy atom. The van der Waals surface area contributed by atoms with Crippen LogP contribution in [0.25, 0.3) is 0 Å². The summed E-state index contributed by atoms with van der Waals surface area (Å²) in [5.74, 6) is -0.228. The van der Waals surface area contributed by atoms with Gasteiger partial charge in [-0.2, -0.15) is 0 Å². The number of nitrogens with two attached hydrogens (primary N) is 1. The van der Waals surface area contributed by atoms with Crippen LogP contribution in [0.15, 0.2) is 15.2 Å². The molecule has 1 heterocycles. The third kappa shape index (κ3) is 1.29. The molecule has 0 unspecified atom stereocenters. The van der Waals surface area contributed by atoms with Crippen LogP contribution in [0.1, 0.15) is 0 Å². The number of carbonyl (C=O) groups is 1. The molecule has 1 rings (SSSR count). The molecule has 0 aromatic rings. The van der Waals surface area contributed by atoms with Gasteiger partial charge in [-0.15, -0.1) is 0 Å². The number of nitrogens with zero attached hydrogens (tertiary/aromatic N) is 1. The van der Waals surface area contributed by atoms with E-state index in [0.717, 1.165) is 0 Å². The van der Waals surface area contributed by atoms with Crippen LogP contribution in [0.2, 0.25) is 0 Å². The first kappa shape index (κ1) is 5.74. The van der Waals surface area contributed by atoms with Gasteiger partial charge in [-0.05, 0) is 0 Å². The number of hydrogen-bond donors (Lipinski definition) is 1. The van der Waals surface area contributed by atoms with E-state index in [1.54, 1.807) is 0 Å². The average Bonchev–Trinajstić information content (AvgIpc) is 1.64. The summed E-state index contributed by atoms with van der Waals surface area (Å²) >= 11 is -0.249. The van der Waals surface area contributed by atoms with Gasteiger partial charge in [-0.25, -0.2) is 0 Å². The van der Waals surface area contributed by atoms with Gasteiger partial charge in [0.2, 0.25) is 0 Å². The molecule has 1 aliphatic rings. The summed E-state index contributed by atoms with van der Waals surface area (Å²) in [4.78, 5) is 13.8. The van der Waals surface area contributed by atoms with E-state index in [0.29, 0.717) is 3.84 Å². The average molecular weight is 223 g/mol. The Labute approximate surface area is 56.9 Å². The van der Waals surface area contributed by atoms with E-state index in [1.807, 2.05) is 4.08 Å². The van der Waals surface area contributed by atoms with Gasteiger partial charge < -0.3 is 0 Å². The fourth-order valence-corrected chi connectivity index (χ4v) is 1.55. The number of hydrogen-bond acceptors (Lipinski definition) is 2. The van der Waals surface area contributed by atoms with Crippen LogP contribution in [0, 0.1) is 0 Å². The molecule has 0 spiro atoms. The minimum absolute atomic E-state index is 0.228. The Morgan fingerprint density at radius 2 is 2.50 bits per heavy atom. The standard InChI is InChI=1S/C4H4IN2O/c6-4-5-2-1-3(8)7-4/h1-2H,(H2,6,7,8)/q-1. The fourth-order valence-electron chi connectivity index (χ4n) is 0.317. The molecule has 0 aliphatic carbocycles. The fraction of sp³-hybridized carbons (Fsp3) is 0. The van der Waals surface area contributed by atoms with Crippen molar-refractivity contribution in [3.63, 3.8) is 0 Å². The predicted octanol–water partition coefficient (Wildman–Crippen LogP) is -3.56.